The number of nitrogens with zero attached hydrogens (tertiary/aromatic N) is 3. The van der Waals surface area contributed by atoms with Gasteiger partial charge in [-0.05, 0) is 25.7 Å². The van der Waals surface area contributed by atoms with Crippen molar-refractivity contribution in [2.45, 2.75) is 57.3 Å². The number of rotatable bonds is 5. The second-order valence-electron chi connectivity index (χ2n) is 7.56. The van der Waals surface area contributed by atoms with Crippen molar-refractivity contribution in [2.24, 2.45) is 11.8 Å². The van der Waals surface area contributed by atoms with Crippen LogP contribution in [0.4, 0.5) is 5.13 Å². The molecule has 1 saturated heterocycles. The van der Waals surface area contributed by atoms with Gasteiger partial charge in [-0.15, -0.1) is 10.2 Å². The van der Waals surface area contributed by atoms with Gasteiger partial charge in [0.15, 0.2) is 0 Å². The summed E-state index contributed by atoms with van der Waals surface area (Å²) in [4.78, 5) is 38.3. The van der Waals surface area contributed by atoms with Crippen LogP contribution in [-0.2, 0) is 14.4 Å². The van der Waals surface area contributed by atoms with Crippen molar-refractivity contribution in [3.8, 4) is 0 Å². The molecule has 2 heterocycles. The van der Waals surface area contributed by atoms with E-state index in [1.807, 2.05) is 12.2 Å². The van der Waals surface area contributed by atoms with Gasteiger partial charge in [0.05, 0.1) is 11.8 Å². The standard InChI is InChI=1S/C19H24N4O3S/c24-15(20-19-22-21-16(27-19)12-6-2-1-3-7-12)10-11-23-17(25)13-8-4-5-9-14(13)18(23)26/h4-5,12-14H,1-3,6-11H2,(H,20,22,24)/t13-,14+. The van der Waals surface area contributed by atoms with Crippen LogP contribution in [0.15, 0.2) is 12.2 Å². The largest absolute Gasteiger partial charge is 0.300 e. The summed E-state index contributed by atoms with van der Waals surface area (Å²) >= 11 is 1.43. The quantitative estimate of drug-likeness (QED) is 0.618. The Labute approximate surface area is 162 Å². The maximum atomic E-state index is 12.4. The van der Waals surface area contributed by atoms with Crippen molar-refractivity contribution in [3.63, 3.8) is 0 Å². The minimum atomic E-state index is -0.244. The molecule has 2 fully saturated rings. The molecule has 3 amide bonds. The summed E-state index contributed by atoms with van der Waals surface area (Å²) in [6, 6.07) is 0. The molecule has 1 N–H and O–H groups in total. The van der Waals surface area contributed by atoms with E-state index >= 15 is 0 Å². The molecule has 0 unspecified atom stereocenters. The maximum Gasteiger partial charge on any atom is 0.233 e. The van der Waals surface area contributed by atoms with Crippen molar-refractivity contribution in [2.75, 3.05) is 11.9 Å². The average Bonchev–Trinajstić information content (AvgIpc) is 3.25. The minimum Gasteiger partial charge on any atom is -0.300 e. The summed E-state index contributed by atoms with van der Waals surface area (Å²) in [5.74, 6) is -0.553. The molecule has 0 spiro atoms. The number of allylic oxidation sites excluding steroid dienone is 2. The van der Waals surface area contributed by atoms with Crippen LogP contribution in [0.25, 0.3) is 0 Å². The Morgan fingerprint density at radius 3 is 2.41 bits per heavy atom. The van der Waals surface area contributed by atoms with E-state index in [1.54, 1.807) is 0 Å². The Kier molecular flexibility index (Phi) is 5.33. The number of nitrogens with one attached hydrogen (secondary N) is 1. The molecule has 1 aromatic heterocycles. The van der Waals surface area contributed by atoms with E-state index in [9.17, 15) is 14.4 Å². The number of fused-ring (bicyclic) bond motifs is 1. The fourth-order valence-corrected chi connectivity index (χ4v) is 5.21. The predicted octanol–water partition coefficient (Wildman–Crippen LogP) is 2.87. The predicted molar refractivity (Wildman–Crippen MR) is 101 cm³/mol. The Morgan fingerprint density at radius 1 is 1.07 bits per heavy atom. The van der Waals surface area contributed by atoms with Gasteiger partial charge in [0, 0.05) is 18.9 Å². The fraction of sp³-hybridized carbons (Fsp3) is 0.632. The zero-order chi connectivity index (χ0) is 18.8. The lowest BCUT2D eigenvalue weighted by Crippen LogP contribution is -2.34. The summed E-state index contributed by atoms with van der Waals surface area (Å²) in [5, 5.41) is 12.6. The van der Waals surface area contributed by atoms with Gasteiger partial charge in [-0.2, -0.15) is 0 Å². The van der Waals surface area contributed by atoms with Gasteiger partial charge >= 0.3 is 0 Å². The molecule has 0 bridgehead atoms. The molecule has 4 rings (SSSR count). The van der Waals surface area contributed by atoms with Crippen LogP contribution in [0.2, 0.25) is 0 Å². The number of aromatic nitrogens is 2. The molecule has 0 radical (unpaired) electrons. The van der Waals surface area contributed by atoms with Crippen LogP contribution < -0.4 is 5.32 Å². The lowest BCUT2D eigenvalue weighted by Gasteiger charge is -2.18. The second kappa shape index (κ2) is 7.88. The number of anilines is 1. The smallest absolute Gasteiger partial charge is 0.233 e. The van der Waals surface area contributed by atoms with Crippen LogP contribution >= 0.6 is 11.3 Å². The Morgan fingerprint density at radius 2 is 1.74 bits per heavy atom. The van der Waals surface area contributed by atoms with Crippen LogP contribution in [0.1, 0.15) is 62.3 Å². The normalized spacial score (nSPS) is 25.7. The molecule has 1 aromatic rings. The number of carbonyl (C=O) groups is 3. The Balaban J connectivity index is 1.29. The third kappa shape index (κ3) is 3.81. The van der Waals surface area contributed by atoms with Crippen molar-refractivity contribution in [1.29, 1.82) is 0 Å². The lowest BCUT2D eigenvalue weighted by atomic mass is 9.85. The molecule has 2 aliphatic carbocycles. The van der Waals surface area contributed by atoms with Gasteiger partial charge in [0.25, 0.3) is 0 Å². The van der Waals surface area contributed by atoms with Crippen molar-refractivity contribution in [1.82, 2.24) is 15.1 Å². The van der Waals surface area contributed by atoms with E-state index in [4.69, 9.17) is 0 Å². The first-order valence-electron chi connectivity index (χ1n) is 9.77. The molecule has 8 heteroatoms. The molecular formula is C19H24N4O3S. The number of hydrogen-bond acceptors (Lipinski definition) is 6. The van der Waals surface area contributed by atoms with Gasteiger partial charge in [0.1, 0.15) is 5.01 Å². The highest BCUT2D eigenvalue weighted by Gasteiger charge is 2.46. The third-order valence-corrected chi connectivity index (χ3v) is 6.80. The first kappa shape index (κ1) is 18.3. The van der Waals surface area contributed by atoms with Gasteiger partial charge in [-0.3, -0.25) is 19.3 Å². The third-order valence-electron chi connectivity index (χ3n) is 5.80. The van der Waals surface area contributed by atoms with Crippen molar-refractivity contribution in [3.05, 3.63) is 17.2 Å². The summed E-state index contributed by atoms with van der Waals surface area (Å²) in [7, 11) is 0. The van der Waals surface area contributed by atoms with Gasteiger partial charge in [-0.25, -0.2) is 0 Å². The monoisotopic (exact) mass is 388 g/mol. The van der Waals surface area contributed by atoms with E-state index in [1.165, 1.54) is 35.5 Å². The van der Waals surface area contributed by atoms with Gasteiger partial charge < -0.3 is 5.32 Å². The fourth-order valence-electron chi connectivity index (χ4n) is 4.28. The molecule has 0 aromatic carbocycles. The summed E-state index contributed by atoms with van der Waals surface area (Å²) in [5.41, 5.74) is 0. The maximum absolute atomic E-state index is 12.4. The van der Waals surface area contributed by atoms with E-state index in [-0.39, 0.29) is 42.5 Å². The van der Waals surface area contributed by atoms with Crippen LogP contribution in [0.5, 0.6) is 0 Å². The molecular weight excluding hydrogens is 364 g/mol. The van der Waals surface area contributed by atoms with E-state index in [2.05, 4.69) is 15.5 Å². The summed E-state index contributed by atoms with van der Waals surface area (Å²) in [6.45, 7) is 0.130. The first-order valence-corrected chi connectivity index (χ1v) is 10.6. The number of imide groups is 1. The molecule has 27 heavy (non-hydrogen) atoms. The number of hydrogen-bond donors (Lipinski definition) is 1. The highest BCUT2D eigenvalue weighted by atomic mass is 32.1. The number of likely N-dealkylation sites (tertiary alicyclic amines) is 1. The topological polar surface area (TPSA) is 92.3 Å². The van der Waals surface area contributed by atoms with Crippen LogP contribution in [-0.4, -0.2) is 39.4 Å². The zero-order valence-corrected chi connectivity index (χ0v) is 16.0. The Hall–Kier alpha value is -2.09. The SMILES string of the molecule is O=C(CCN1C(=O)[C@H]2CC=CC[C@H]2C1=O)Nc1nnc(C2CCCCC2)s1. The lowest BCUT2D eigenvalue weighted by molar-refractivity contribution is -0.140. The van der Waals surface area contributed by atoms with E-state index < -0.39 is 0 Å². The first-order chi connectivity index (χ1) is 13.1. The summed E-state index contributed by atoms with van der Waals surface area (Å²) < 4.78 is 0. The van der Waals surface area contributed by atoms with Crippen molar-refractivity contribution >= 4 is 34.2 Å². The highest BCUT2D eigenvalue weighted by Crippen LogP contribution is 2.36. The number of amides is 3. The second-order valence-corrected chi connectivity index (χ2v) is 8.57. The molecule has 1 aliphatic heterocycles. The van der Waals surface area contributed by atoms with Crippen LogP contribution in [0.3, 0.4) is 0 Å². The molecule has 3 aliphatic rings. The van der Waals surface area contributed by atoms with E-state index in [0.29, 0.717) is 23.9 Å². The van der Waals surface area contributed by atoms with Gasteiger partial charge in [-0.1, -0.05) is 42.8 Å². The molecule has 144 valence electrons. The highest BCUT2D eigenvalue weighted by molar-refractivity contribution is 7.15. The van der Waals surface area contributed by atoms with E-state index in [0.717, 1.165) is 17.8 Å². The molecule has 7 nitrogen and oxygen atoms in total. The average molecular weight is 388 g/mol. The van der Waals surface area contributed by atoms with Crippen molar-refractivity contribution < 1.29 is 14.4 Å². The summed E-state index contributed by atoms with van der Waals surface area (Å²) in [6.07, 6.45) is 11.2. The zero-order valence-electron chi connectivity index (χ0n) is 15.2. The Bertz CT molecular complexity index is 743. The number of carbonyl (C=O) groups excluding carboxylic acids is 3. The van der Waals surface area contributed by atoms with Gasteiger partial charge in [0.2, 0.25) is 22.9 Å². The molecule has 1 saturated carbocycles. The minimum absolute atomic E-state index is 0.0860. The molecule has 2 atom stereocenters. The van der Waals surface area contributed by atoms with Crippen LogP contribution in [0, 0.1) is 11.8 Å².